The van der Waals surface area contributed by atoms with Crippen LogP contribution < -0.4 is 9.47 Å². The first-order chi connectivity index (χ1) is 15.6. The Hall–Kier alpha value is -3.78. The third-order valence-corrected chi connectivity index (χ3v) is 5.87. The van der Waals surface area contributed by atoms with E-state index in [0.29, 0.717) is 17.1 Å². The lowest BCUT2D eigenvalue weighted by molar-refractivity contribution is 0.0600. The van der Waals surface area contributed by atoms with E-state index >= 15 is 0 Å². The molecule has 7 nitrogen and oxygen atoms in total. The first kappa shape index (κ1) is 21.5. The Labute approximate surface area is 189 Å². The van der Waals surface area contributed by atoms with Gasteiger partial charge in [-0.15, -0.1) is 5.10 Å². The van der Waals surface area contributed by atoms with Crippen LogP contribution in [-0.2, 0) is 4.74 Å². The molecule has 0 atom stereocenters. The number of para-hydroxylation sites is 1. The number of benzene rings is 3. The van der Waals surface area contributed by atoms with Crippen LogP contribution in [0.15, 0.2) is 82.7 Å². The number of carbonyl (C=O) groups excluding carboxylic acids is 1. The molecule has 1 aromatic heterocycles. The number of carbonyl (C=O) groups is 1. The number of hydrogen-bond donors (Lipinski definition) is 0. The van der Waals surface area contributed by atoms with Crippen molar-refractivity contribution in [1.29, 1.82) is 0 Å². The molecule has 0 radical (unpaired) electrons. The van der Waals surface area contributed by atoms with Crippen LogP contribution in [0, 0.1) is 0 Å². The summed E-state index contributed by atoms with van der Waals surface area (Å²) in [6, 6.07) is 20.9. The van der Waals surface area contributed by atoms with E-state index in [4.69, 9.17) is 14.2 Å². The minimum absolute atomic E-state index is 0.355. The van der Waals surface area contributed by atoms with E-state index in [2.05, 4.69) is 10.3 Å². The van der Waals surface area contributed by atoms with Crippen molar-refractivity contribution >= 4 is 17.7 Å². The molecule has 0 spiro atoms. The number of hydrogen-bond acceptors (Lipinski definition) is 7. The van der Waals surface area contributed by atoms with Crippen molar-refractivity contribution in [3.05, 3.63) is 78.5 Å². The molecule has 0 saturated heterocycles. The van der Waals surface area contributed by atoms with Crippen molar-refractivity contribution in [3.63, 3.8) is 0 Å². The zero-order valence-corrected chi connectivity index (χ0v) is 18.6. The number of ether oxygens (including phenoxy) is 3. The average molecular weight is 448 g/mol. The molecular formula is C24H21N3O4S. The second kappa shape index (κ2) is 9.57. The molecule has 0 aliphatic rings. The first-order valence-electron chi connectivity index (χ1n) is 9.74. The summed E-state index contributed by atoms with van der Waals surface area (Å²) in [6.07, 6.45) is 1.86. The normalized spacial score (nSPS) is 10.6. The zero-order chi connectivity index (χ0) is 22.5. The third kappa shape index (κ3) is 4.31. The van der Waals surface area contributed by atoms with E-state index in [9.17, 15) is 4.79 Å². The van der Waals surface area contributed by atoms with E-state index in [1.165, 1.54) is 7.11 Å². The predicted molar refractivity (Wildman–Crippen MR) is 122 cm³/mol. The summed E-state index contributed by atoms with van der Waals surface area (Å²) in [5.74, 6) is 0.847. The molecule has 0 fully saturated rings. The van der Waals surface area contributed by atoms with E-state index in [1.807, 2.05) is 60.8 Å². The van der Waals surface area contributed by atoms with Crippen LogP contribution >= 0.6 is 11.8 Å². The lowest BCUT2D eigenvalue weighted by atomic mass is 10.2. The van der Waals surface area contributed by atoms with Crippen LogP contribution in [0.4, 0.5) is 0 Å². The van der Waals surface area contributed by atoms with Gasteiger partial charge in [0.05, 0.1) is 33.1 Å². The second-order valence-corrected chi connectivity index (χ2v) is 7.79. The summed E-state index contributed by atoms with van der Waals surface area (Å²) in [6.45, 7) is 0. The molecule has 4 aromatic rings. The quantitative estimate of drug-likeness (QED) is 0.373. The zero-order valence-electron chi connectivity index (χ0n) is 17.8. The van der Waals surface area contributed by atoms with Gasteiger partial charge < -0.3 is 14.2 Å². The minimum Gasteiger partial charge on any atom is -0.493 e. The average Bonchev–Trinajstić information content (AvgIpc) is 3.33. The number of methoxy groups -OCH3 is 3. The number of nitrogens with zero attached hydrogens (tertiary/aromatic N) is 3. The molecule has 3 aromatic carbocycles. The summed E-state index contributed by atoms with van der Waals surface area (Å²) in [5.41, 5.74) is 2.92. The van der Waals surface area contributed by atoms with Crippen LogP contribution in [0.25, 0.3) is 16.9 Å². The van der Waals surface area contributed by atoms with Gasteiger partial charge in [0.15, 0.2) is 11.5 Å². The summed E-state index contributed by atoms with van der Waals surface area (Å²) < 4.78 is 17.3. The van der Waals surface area contributed by atoms with Crippen molar-refractivity contribution in [3.8, 4) is 28.4 Å². The second-order valence-electron chi connectivity index (χ2n) is 6.68. The van der Waals surface area contributed by atoms with E-state index < -0.39 is 0 Å². The first-order valence-corrected chi connectivity index (χ1v) is 10.6. The van der Waals surface area contributed by atoms with E-state index in [1.54, 1.807) is 42.8 Å². The van der Waals surface area contributed by atoms with Crippen LogP contribution in [0.5, 0.6) is 11.5 Å². The Morgan fingerprint density at radius 3 is 2.41 bits per heavy atom. The van der Waals surface area contributed by atoms with Crippen molar-refractivity contribution in [2.45, 2.75) is 9.79 Å². The summed E-state index contributed by atoms with van der Waals surface area (Å²) >= 11 is 1.58. The highest BCUT2D eigenvalue weighted by Gasteiger charge is 2.15. The Morgan fingerprint density at radius 1 is 0.906 bits per heavy atom. The summed E-state index contributed by atoms with van der Waals surface area (Å²) in [4.78, 5) is 13.7. The van der Waals surface area contributed by atoms with Crippen LogP contribution in [0.2, 0.25) is 0 Å². The molecular weight excluding hydrogens is 426 g/mol. The summed E-state index contributed by atoms with van der Waals surface area (Å²) in [7, 11) is 4.56. The molecule has 0 unspecified atom stereocenters. The lowest BCUT2D eigenvalue weighted by Crippen LogP contribution is -2.00. The maximum absolute atomic E-state index is 11.7. The molecule has 0 aliphatic heterocycles. The van der Waals surface area contributed by atoms with Crippen molar-refractivity contribution in [1.82, 2.24) is 15.0 Å². The highest BCUT2D eigenvalue weighted by molar-refractivity contribution is 7.99. The molecule has 0 aliphatic carbocycles. The van der Waals surface area contributed by atoms with Gasteiger partial charge in [0.1, 0.15) is 11.4 Å². The van der Waals surface area contributed by atoms with Gasteiger partial charge in [-0.05, 0) is 42.5 Å². The fraction of sp³-hybridized carbons (Fsp3) is 0.125. The van der Waals surface area contributed by atoms with Crippen molar-refractivity contribution in [2.24, 2.45) is 0 Å². The fourth-order valence-electron chi connectivity index (χ4n) is 3.23. The van der Waals surface area contributed by atoms with Gasteiger partial charge in [-0.3, -0.25) is 0 Å². The van der Waals surface area contributed by atoms with Gasteiger partial charge in [0.25, 0.3) is 0 Å². The minimum atomic E-state index is -0.355. The maximum Gasteiger partial charge on any atom is 0.337 e. The van der Waals surface area contributed by atoms with Gasteiger partial charge >= 0.3 is 5.97 Å². The molecule has 1 heterocycles. The molecule has 162 valence electrons. The van der Waals surface area contributed by atoms with Crippen molar-refractivity contribution < 1.29 is 19.0 Å². The monoisotopic (exact) mass is 447 g/mol. The number of aromatic nitrogens is 3. The topological polar surface area (TPSA) is 75.5 Å². The molecule has 0 bridgehead atoms. The number of esters is 1. The van der Waals surface area contributed by atoms with E-state index in [0.717, 1.165) is 26.7 Å². The Morgan fingerprint density at radius 2 is 1.69 bits per heavy atom. The third-order valence-electron chi connectivity index (χ3n) is 4.79. The smallest absolute Gasteiger partial charge is 0.337 e. The largest absolute Gasteiger partial charge is 0.493 e. The maximum atomic E-state index is 11.7. The van der Waals surface area contributed by atoms with Gasteiger partial charge in [0.2, 0.25) is 0 Å². The Bertz CT molecular complexity index is 1240. The molecule has 32 heavy (non-hydrogen) atoms. The van der Waals surface area contributed by atoms with Crippen LogP contribution in [-0.4, -0.2) is 42.3 Å². The Kier molecular flexibility index (Phi) is 6.42. The van der Waals surface area contributed by atoms with Crippen LogP contribution in [0.3, 0.4) is 0 Å². The van der Waals surface area contributed by atoms with Gasteiger partial charge in [-0.2, -0.15) is 0 Å². The highest BCUT2D eigenvalue weighted by Crippen LogP contribution is 2.37. The fourth-order valence-corrected chi connectivity index (χ4v) is 4.18. The van der Waals surface area contributed by atoms with Gasteiger partial charge in [-0.25, -0.2) is 9.48 Å². The predicted octanol–water partition coefficient (Wildman–Crippen LogP) is 4.89. The lowest BCUT2D eigenvalue weighted by Gasteiger charge is -2.11. The van der Waals surface area contributed by atoms with Gasteiger partial charge in [0, 0.05) is 15.4 Å². The standard InChI is InChI=1S/C24H21N3O4S/c1-29-21-9-6-8-20(23(21)30-2)27-15-19(25-26-27)18-7-4-5-10-22(18)32-17-13-11-16(12-14-17)24(28)31-3/h4-15H,1-3H3. The molecule has 0 amide bonds. The molecule has 0 saturated carbocycles. The molecule has 0 N–H and O–H groups in total. The summed E-state index contributed by atoms with van der Waals surface area (Å²) in [5, 5.41) is 8.69. The number of rotatable bonds is 7. The van der Waals surface area contributed by atoms with Crippen LogP contribution in [0.1, 0.15) is 10.4 Å². The Balaban J connectivity index is 1.65. The highest BCUT2D eigenvalue weighted by atomic mass is 32.2. The molecule has 4 rings (SSSR count). The SMILES string of the molecule is COC(=O)c1ccc(Sc2ccccc2-c2cn(-c3cccc(OC)c3OC)nn2)cc1. The van der Waals surface area contributed by atoms with E-state index in [-0.39, 0.29) is 5.97 Å². The molecule has 8 heteroatoms. The van der Waals surface area contributed by atoms with Gasteiger partial charge in [-0.1, -0.05) is 41.2 Å². The van der Waals surface area contributed by atoms with Crippen molar-refractivity contribution in [2.75, 3.05) is 21.3 Å².